The van der Waals surface area contributed by atoms with Gasteiger partial charge in [-0.3, -0.25) is 4.79 Å². The highest BCUT2D eigenvalue weighted by atomic mass is 16.5. The zero-order chi connectivity index (χ0) is 14.4. The van der Waals surface area contributed by atoms with E-state index in [1.54, 1.807) is 11.8 Å². The first-order valence-electron chi connectivity index (χ1n) is 7.18. The first-order valence-corrected chi connectivity index (χ1v) is 7.18. The molecule has 0 spiro atoms. The molecule has 0 aromatic heterocycles. The predicted octanol–water partition coefficient (Wildman–Crippen LogP) is 2.52. The molecule has 1 saturated heterocycles. The van der Waals surface area contributed by atoms with Crippen LogP contribution in [0.1, 0.15) is 38.2 Å². The molecule has 108 valence electrons. The molecule has 4 heteroatoms. The topological polar surface area (TPSA) is 46.6 Å². The van der Waals surface area contributed by atoms with Gasteiger partial charge in [-0.25, -0.2) is 4.79 Å². The van der Waals surface area contributed by atoms with E-state index >= 15 is 0 Å². The van der Waals surface area contributed by atoms with Gasteiger partial charge in [-0.15, -0.1) is 0 Å². The number of carbonyl (C=O) groups excluding carboxylic acids is 2. The molecule has 20 heavy (non-hydrogen) atoms. The van der Waals surface area contributed by atoms with Crippen molar-refractivity contribution in [3.8, 4) is 0 Å². The molecular formula is C16H21NO3. The normalized spacial score (nSPS) is 17.4. The molecule has 1 unspecified atom stereocenters. The number of nitrogens with zero attached hydrogens (tertiary/aromatic N) is 1. The van der Waals surface area contributed by atoms with Gasteiger partial charge < -0.3 is 9.64 Å². The summed E-state index contributed by atoms with van der Waals surface area (Å²) in [5.74, 6) is -0.268. The molecule has 0 radical (unpaired) electrons. The van der Waals surface area contributed by atoms with Crippen molar-refractivity contribution in [2.75, 3.05) is 6.54 Å². The van der Waals surface area contributed by atoms with Gasteiger partial charge in [0.15, 0.2) is 0 Å². The fourth-order valence-electron chi connectivity index (χ4n) is 2.39. The summed E-state index contributed by atoms with van der Waals surface area (Å²) in [6.07, 6.45) is 3.47. The molecule has 1 fully saturated rings. The Balaban J connectivity index is 1.89. The van der Waals surface area contributed by atoms with E-state index in [4.69, 9.17) is 4.74 Å². The Bertz CT molecular complexity index is 458. The molecule has 1 aromatic rings. The second-order valence-corrected chi connectivity index (χ2v) is 5.17. The van der Waals surface area contributed by atoms with Crippen molar-refractivity contribution >= 4 is 11.9 Å². The number of carbonyl (C=O) groups is 2. The molecule has 0 saturated carbocycles. The number of ether oxygens (including phenoxy) is 1. The van der Waals surface area contributed by atoms with Gasteiger partial charge in [0.2, 0.25) is 5.91 Å². The van der Waals surface area contributed by atoms with Crippen LogP contribution >= 0.6 is 0 Å². The number of hydrogen-bond donors (Lipinski definition) is 0. The number of likely N-dealkylation sites (tertiary alicyclic amines) is 1. The number of hydrogen-bond acceptors (Lipinski definition) is 3. The molecule has 2 rings (SSSR count). The third-order valence-corrected chi connectivity index (χ3v) is 3.64. The molecule has 1 atom stereocenters. The maximum absolute atomic E-state index is 12.1. The van der Waals surface area contributed by atoms with E-state index in [9.17, 15) is 9.59 Å². The highest BCUT2D eigenvalue weighted by molar-refractivity contribution is 5.84. The van der Waals surface area contributed by atoms with Crippen LogP contribution in [0.3, 0.4) is 0 Å². The lowest BCUT2D eigenvalue weighted by Crippen LogP contribution is -2.43. The summed E-state index contributed by atoms with van der Waals surface area (Å²) in [5, 5.41) is 0. The second-order valence-electron chi connectivity index (χ2n) is 5.17. The largest absolute Gasteiger partial charge is 0.459 e. The Hall–Kier alpha value is -1.84. The zero-order valence-corrected chi connectivity index (χ0v) is 11.9. The molecule has 0 aliphatic carbocycles. The lowest BCUT2D eigenvalue weighted by Gasteiger charge is -2.26. The van der Waals surface area contributed by atoms with Crippen LogP contribution in [0.4, 0.5) is 0 Å². The highest BCUT2D eigenvalue weighted by Gasteiger charge is 2.27. The molecule has 1 amide bonds. The van der Waals surface area contributed by atoms with Gasteiger partial charge in [0.05, 0.1) is 0 Å². The summed E-state index contributed by atoms with van der Waals surface area (Å²) in [6, 6.07) is 9.06. The molecule has 1 aromatic carbocycles. The zero-order valence-electron chi connectivity index (χ0n) is 11.9. The van der Waals surface area contributed by atoms with E-state index in [2.05, 4.69) is 0 Å². The summed E-state index contributed by atoms with van der Waals surface area (Å²) in [7, 11) is 0. The van der Waals surface area contributed by atoms with Crippen LogP contribution in [0, 0.1) is 0 Å². The summed E-state index contributed by atoms with van der Waals surface area (Å²) in [5.41, 5.74) is 0.954. The number of amides is 1. The number of benzene rings is 1. The van der Waals surface area contributed by atoms with Crippen molar-refractivity contribution in [3.05, 3.63) is 35.9 Å². The lowest BCUT2D eigenvalue weighted by molar-refractivity contribution is -0.155. The third kappa shape index (κ3) is 3.83. The number of rotatable bonds is 4. The SMILES string of the molecule is CC(C(=O)OCc1ccccc1)N1CCCCCC1=O. The van der Waals surface area contributed by atoms with Gasteiger partial charge in [-0.1, -0.05) is 36.8 Å². The van der Waals surface area contributed by atoms with Crippen LogP contribution in [0.15, 0.2) is 30.3 Å². The molecule has 1 aliphatic rings. The molecular weight excluding hydrogens is 254 g/mol. The van der Waals surface area contributed by atoms with Crippen molar-refractivity contribution in [2.45, 2.75) is 45.3 Å². The molecule has 1 aliphatic heterocycles. The maximum atomic E-state index is 12.1. The molecule has 1 heterocycles. The monoisotopic (exact) mass is 275 g/mol. The first-order chi connectivity index (χ1) is 9.68. The fraction of sp³-hybridized carbons (Fsp3) is 0.500. The molecule has 0 N–H and O–H groups in total. The van der Waals surface area contributed by atoms with Gasteiger partial charge in [0, 0.05) is 13.0 Å². The van der Waals surface area contributed by atoms with Crippen LogP contribution < -0.4 is 0 Å². The van der Waals surface area contributed by atoms with Crippen molar-refractivity contribution in [1.29, 1.82) is 0 Å². The minimum absolute atomic E-state index is 0.0617. The Morgan fingerprint density at radius 2 is 2.00 bits per heavy atom. The predicted molar refractivity (Wildman–Crippen MR) is 75.9 cm³/mol. The van der Waals surface area contributed by atoms with E-state index in [1.165, 1.54) is 0 Å². The number of esters is 1. The third-order valence-electron chi connectivity index (χ3n) is 3.64. The summed E-state index contributed by atoms with van der Waals surface area (Å²) >= 11 is 0. The summed E-state index contributed by atoms with van der Waals surface area (Å²) < 4.78 is 5.30. The Morgan fingerprint density at radius 1 is 1.25 bits per heavy atom. The van der Waals surface area contributed by atoms with E-state index in [-0.39, 0.29) is 18.5 Å². The van der Waals surface area contributed by atoms with Crippen molar-refractivity contribution in [3.63, 3.8) is 0 Å². The average Bonchev–Trinajstić information content (AvgIpc) is 2.69. The van der Waals surface area contributed by atoms with Crippen LogP contribution in [0.25, 0.3) is 0 Å². The smallest absolute Gasteiger partial charge is 0.328 e. The minimum Gasteiger partial charge on any atom is -0.459 e. The average molecular weight is 275 g/mol. The van der Waals surface area contributed by atoms with E-state index < -0.39 is 6.04 Å². The van der Waals surface area contributed by atoms with E-state index in [0.29, 0.717) is 13.0 Å². The summed E-state index contributed by atoms with van der Waals surface area (Å²) in [6.45, 7) is 2.66. The molecule has 0 bridgehead atoms. The summed E-state index contributed by atoms with van der Waals surface area (Å²) in [4.78, 5) is 25.7. The van der Waals surface area contributed by atoms with Gasteiger partial charge in [-0.2, -0.15) is 0 Å². The van der Waals surface area contributed by atoms with Crippen LogP contribution in [-0.4, -0.2) is 29.4 Å². The van der Waals surface area contributed by atoms with Gasteiger partial charge in [0.1, 0.15) is 12.6 Å². The first kappa shape index (κ1) is 14.6. The van der Waals surface area contributed by atoms with Crippen LogP contribution in [-0.2, 0) is 20.9 Å². The van der Waals surface area contributed by atoms with Crippen molar-refractivity contribution in [2.24, 2.45) is 0 Å². The Kier molecular flexibility index (Phi) is 5.16. The Morgan fingerprint density at radius 3 is 2.75 bits per heavy atom. The van der Waals surface area contributed by atoms with E-state index in [1.807, 2.05) is 30.3 Å². The van der Waals surface area contributed by atoms with Crippen LogP contribution in [0.2, 0.25) is 0 Å². The standard InChI is InChI=1S/C16H21NO3/c1-13(17-11-7-3-6-10-15(17)18)16(19)20-12-14-8-4-2-5-9-14/h2,4-5,8-9,13H,3,6-7,10-12H2,1H3. The lowest BCUT2D eigenvalue weighted by atomic mass is 10.2. The maximum Gasteiger partial charge on any atom is 0.328 e. The minimum atomic E-state index is -0.496. The fourth-order valence-corrected chi connectivity index (χ4v) is 2.39. The van der Waals surface area contributed by atoms with Crippen molar-refractivity contribution < 1.29 is 14.3 Å². The van der Waals surface area contributed by atoms with Crippen molar-refractivity contribution in [1.82, 2.24) is 4.90 Å². The van der Waals surface area contributed by atoms with Gasteiger partial charge in [0.25, 0.3) is 0 Å². The second kappa shape index (κ2) is 7.08. The van der Waals surface area contributed by atoms with Crippen LogP contribution in [0.5, 0.6) is 0 Å². The van der Waals surface area contributed by atoms with Gasteiger partial charge in [-0.05, 0) is 25.3 Å². The Labute approximate surface area is 119 Å². The van der Waals surface area contributed by atoms with E-state index in [0.717, 1.165) is 24.8 Å². The quantitative estimate of drug-likeness (QED) is 0.793. The molecule has 4 nitrogen and oxygen atoms in total. The highest BCUT2D eigenvalue weighted by Crippen LogP contribution is 2.15. The van der Waals surface area contributed by atoms with Gasteiger partial charge >= 0.3 is 5.97 Å².